The van der Waals surface area contributed by atoms with Crippen molar-refractivity contribution in [1.82, 2.24) is 10.6 Å². The highest BCUT2D eigenvalue weighted by molar-refractivity contribution is 5.67. The molecule has 0 rings (SSSR count). The second-order valence-electron chi connectivity index (χ2n) is 6.26. The number of carbonyl (C=O) groups is 1. The molecule has 1 amide bonds. The van der Waals surface area contributed by atoms with Crippen LogP contribution in [0.25, 0.3) is 0 Å². The molecule has 0 heterocycles. The van der Waals surface area contributed by atoms with Gasteiger partial charge in [0.2, 0.25) is 0 Å². The van der Waals surface area contributed by atoms with E-state index in [1.165, 1.54) is 12.8 Å². The number of hydrogen-bond acceptors (Lipinski definition) is 3. The van der Waals surface area contributed by atoms with Crippen LogP contribution in [0.5, 0.6) is 0 Å². The lowest BCUT2D eigenvalue weighted by atomic mass is 10.0. The van der Waals surface area contributed by atoms with Gasteiger partial charge in [0, 0.05) is 19.1 Å². The quantitative estimate of drug-likeness (QED) is 0.690. The Morgan fingerprint density at radius 2 is 1.72 bits per heavy atom. The van der Waals surface area contributed by atoms with Gasteiger partial charge in [0.25, 0.3) is 0 Å². The van der Waals surface area contributed by atoms with Crippen LogP contribution >= 0.6 is 0 Å². The summed E-state index contributed by atoms with van der Waals surface area (Å²) in [5.41, 5.74) is -0.429. The maximum Gasteiger partial charge on any atom is 0.407 e. The molecule has 0 aromatic carbocycles. The summed E-state index contributed by atoms with van der Waals surface area (Å²) in [6, 6.07) is 0.493. The molecule has 0 aliphatic rings. The normalized spacial score (nSPS) is 13.5. The van der Waals surface area contributed by atoms with E-state index < -0.39 is 5.60 Å². The van der Waals surface area contributed by atoms with Crippen molar-refractivity contribution in [2.45, 2.75) is 66.0 Å². The minimum Gasteiger partial charge on any atom is -0.444 e. The molecule has 2 N–H and O–H groups in total. The standard InChI is InChI=1S/C14H30N2O2/c1-11(2)7-8-12(3)15-9-10-16-13(17)18-14(4,5)6/h11-12,15H,7-10H2,1-6H3,(H,16,17). The van der Waals surface area contributed by atoms with Crippen LogP contribution in [-0.4, -0.2) is 30.8 Å². The maximum absolute atomic E-state index is 11.4. The average Bonchev–Trinajstić information content (AvgIpc) is 2.19. The van der Waals surface area contributed by atoms with E-state index >= 15 is 0 Å². The summed E-state index contributed by atoms with van der Waals surface area (Å²) in [6.07, 6.45) is 2.05. The summed E-state index contributed by atoms with van der Waals surface area (Å²) in [6.45, 7) is 13.6. The molecule has 0 saturated carbocycles. The zero-order valence-corrected chi connectivity index (χ0v) is 12.8. The smallest absolute Gasteiger partial charge is 0.407 e. The fraction of sp³-hybridized carbons (Fsp3) is 0.929. The highest BCUT2D eigenvalue weighted by atomic mass is 16.6. The van der Waals surface area contributed by atoms with Crippen molar-refractivity contribution in [3.63, 3.8) is 0 Å². The molecule has 18 heavy (non-hydrogen) atoms. The Morgan fingerprint density at radius 1 is 1.11 bits per heavy atom. The van der Waals surface area contributed by atoms with Crippen molar-refractivity contribution in [3.8, 4) is 0 Å². The summed E-state index contributed by atoms with van der Waals surface area (Å²) in [5.74, 6) is 0.745. The average molecular weight is 258 g/mol. The first kappa shape index (κ1) is 17.2. The van der Waals surface area contributed by atoms with E-state index in [9.17, 15) is 4.79 Å². The zero-order valence-electron chi connectivity index (χ0n) is 12.8. The van der Waals surface area contributed by atoms with Crippen LogP contribution in [0.3, 0.4) is 0 Å². The molecule has 0 aromatic rings. The molecule has 1 atom stereocenters. The van der Waals surface area contributed by atoms with Gasteiger partial charge in [0.15, 0.2) is 0 Å². The zero-order chi connectivity index (χ0) is 14.2. The molecule has 4 nitrogen and oxygen atoms in total. The third kappa shape index (κ3) is 11.7. The maximum atomic E-state index is 11.4. The van der Waals surface area contributed by atoms with Crippen LogP contribution in [0.4, 0.5) is 4.79 Å². The fourth-order valence-electron chi connectivity index (χ4n) is 1.48. The van der Waals surface area contributed by atoms with Crippen LogP contribution in [0.1, 0.15) is 54.4 Å². The van der Waals surface area contributed by atoms with Crippen molar-refractivity contribution in [3.05, 3.63) is 0 Å². The number of rotatable bonds is 7. The third-order valence-corrected chi connectivity index (χ3v) is 2.46. The molecule has 0 aliphatic carbocycles. The van der Waals surface area contributed by atoms with Crippen LogP contribution < -0.4 is 10.6 Å². The van der Waals surface area contributed by atoms with Crippen molar-refractivity contribution >= 4 is 6.09 Å². The van der Waals surface area contributed by atoms with Gasteiger partial charge in [-0.1, -0.05) is 13.8 Å². The van der Waals surface area contributed by atoms with Gasteiger partial charge in [-0.2, -0.15) is 0 Å². The second kappa shape index (κ2) is 8.35. The van der Waals surface area contributed by atoms with Gasteiger partial charge in [0.05, 0.1) is 0 Å². The summed E-state index contributed by atoms with van der Waals surface area (Å²) in [4.78, 5) is 11.4. The molecule has 0 spiro atoms. The first-order valence-electron chi connectivity index (χ1n) is 6.91. The lowest BCUT2D eigenvalue weighted by Gasteiger charge is -2.20. The molecular formula is C14H30N2O2. The molecule has 0 radical (unpaired) electrons. The minimum absolute atomic E-state index is 0.348. The Kier molecular flexibility index (Phi) is 8.00. The van der Waals surface area contributed by atoms with Gasteiger partial charge in [-0.3, -0.25) is 0 Å². The summed E-state index contributed by atoms with van der Waals surface area (Å²) in [5, 5.41) is 6.12. The number of alkyl carbamates (subject to hydrolysis) is 1. The molecule has 0 fully saturated rings. The topological polar surface area (TPSA) is 50.4 Å². The van der Waals surface area contributed by atoms with Gasteiger partial charge in [-0.25, -0.2) is 4.79 Å². The number of hydrogen-bond donors (Lipinski definition) is 2. The van der Waals surface area contributed by atoms with Gasteiger partial charge >= 0.3 is 6.09 Å². The van der Waals surface area contributed by atoms with E-state index in [1.807, 2.05) is 20.8 Å². The Labute approximate surface area is 112 Å². The number of amides is 1. The Balaban J connectivity index is 3.52. The van der Waals surface area contributed by atoms with Crippen molar-refractivity contribution in [1.29, 1.82) is 0 Å². The van der Waals surface area contributed by atoms with Crippen molar-refractivity contribution in [2.75, 3.05) is 13.1 Å². The molecule has 0 aromatic heterocycles. The molecule has 1 unspecified atom stereocenters. The Morgan fingerprint density at radius 3 is 2.22 bits per heavy atom. The monoisotopic (exact) mass is 258 g/mol. The molecule has 108 valence electrons. The Bertz CT molecular complexity index is 234. The molecule has 0 saturated heterocycles. The van der Waals surface area contributed by atoms with Gasteiger partial charge in [-0.15, -0.1) is 0 Å². The van der Waals surface area contributed by atoms with Gasteiger partial charge in [0.1, 0.15) is 5.60 Å². The molecule has 4 heteroatoms. The number of nitrogens with one attached hydrogen (secondary N) is 2. The fourth-order valence-corrected chi connectivity index (χ4v) is 1.48. The van der Waals surface area contributed by atoms with Crippen LogP contribution in [0, 0.1) is 5.92 Å². The predicted octanol–water partition coefficient (Wildman–Crippen LogP) is 2.93. The first-order chi connectivity index (χ1) is 8.20. The van der Waals surface area contributed by atoms with E-state index in [2.05, 4.69) is 31.4 Å². The van der Waals surface area contributed by atoms with Crippen LogP contribution in [-0.2, 0) is 4.74 Å². The number of ether oxygens (including phenoxy) is 1. The first-order valence-corrected chi connectivity index (χ1v) is 6.91. The van der Waals surface area contributed by atoms with E-state index in [0.717, 1.165) is 12.5 Å². The third-order valence-electron chi connectivity index (χ3n) is 2.46. The molecule has 0 bridgehead atoms. The predicted molar refractivity (Wildman–Crippen MR) is 75.8 cm³/mol. The van der Waals surface area contributed by atoms with E-state index in [-0.39, 0.29) is 6.09 Å². The second-order valence-corrected chi connectivity index (χ2v) is 6.26. The SMILES string of the molecule is CC(C)CCC(C)NCCNC(=O)OC(C)(C)C. The van der Waals surface area contributed by atoms with E-state index in [0.29, 0.717) is 12.6 Å². The highest BCUT2D eigenvalue weighted by Crippen LogP contribution is 2.06. The van der Waals surface area contributed by atoms with Crippen LogP contribution in [0.15, 0.2) is 0 Å². The summed E-state index contributed by atoms with van der Waals surface area (Å²) >= 11 is 0. The van der Waals surface area contributed by atoms with E-state index in [4.69, 9.17) is 4.74 Å². The van der Waals surface area contributed by atoms with Gasteiger partial charge < -0.3 is 15.4 Å². The van der Waals surface area contributed by atoms with Crippen molar-refractivity contribution < 1.29 is 9.53 Å². The minimum atomic E-state index is -0.429. The lowest BCUT2D eigenvalue weighted by molar-refractivity contribution is 0.0528. The Hall–Kier alpha value is -0.770. The number of carbonyl (C=O) groups excluding carboxylic acids is 1. The van der Waals surface area contributed by atoms with Crippen LogP contribution in [0.2, 0.25) is 0 Å². The van der Waals surface area contributed by atoms with Gasteiger partial charge in [-0.05, 0) is 46.5 Å². The van der Waals surface area contributed by atoms with E-state index in [1.54, 1.807) is 0 Å². The summed E-state index contributed by atoms with van der Waals surface area (Å²) in [7, 11) is 0. The largest absolute Gasteiger partial charge is 0.444 e. The molecule has 0 aliphatic heterocycles. The lowest BCUT2D eigenvalue weighted by Crippen LogP contribution is -2.38. The van der Waals surface area contributed by atoms with Crippen molar-refractivity contribution in [2.24, 2.45) is 5.92 Å². The summed E-state index contributed by atoms with van der Waals surface area (Å²) < 4.78 is 5.15. The molecular weight excluding hydrogens is 228 g/mol. The highest BCUT2D eigenvalue weighted by Gasteiger charge is 2.15.